The summed E-state index contributed by atoms with van der Waals surface area (Å²) in [4.78, 5) is 20.6. The van der Waals surface area contributed by atoms with Gasteiger partial charge in [-0.3, -0.25) is 9.78 Å². The molecule has 1 atom stereocenters. The minimum Gasteiger partial charge on any atom is -0.306 e. The van der Waals surface area contributed by atoms with Gasteiger partial charge in [-0.1, -0.05) is 6.07 Å². The van der Waals surface area contributed by atoms with E-state index in [4.69, 9.17) is 0 Å². The van der Waals surface area contributed by atoms with Crippen molar-refractivity contribution in [3.63, 3.8) is 0 Å². The molecule has 20 heavy (non-hydrogen) atoms. The average Bonchev–Trinajstić information content (AvgIpc) is 3.11. The summed E-state index contributed by atoms with van der Waals surface area (Å²) in [5.74, 6) is -0.000536. The number of aromatic nitrogens is 2. The Morgan fingerprint density at radius 2 is 2.30 bits per heavy atom. The third kappa shape index (κ3) is 3.33. The first-order valence-electron chi connectivity index (χ1n) is 6.24. The van der Waals surface area contributed by atoms with Crippen molar-refractivity contribution in [1.82, 2.24) is 15.3 Å². The van der Waals surface area contributed by atoms with Gasteiger partial charge in [-0.05, 0) is 31.5 Å². The van der Waals surface area contributed by atoms with Crippen LogP contribution in [0.15, 0.2) is 29.8 Å². The van der Waals surface area contributed by atoms with E-state index in [-0.39, 0.29) is 24.4 Å². The van der Waals surface area contributed by atoms with Crippen molar-refractivity contribution in [2.24, 2.45) is 0 Å². The normalized spacial score (nSPS) is 17.5. The second-order valence-electron chi connectivity index (χ2n) is 4.39. The average molecular weight is 311 g/mol. The molecule has 0 aliphatic carbocycles. The number of carbonyl (C=O) groups excluding carboxylic acids is 1. The summed E-state index contributed by atoms with van der Waals surface area (Å²) < 4.78 is 0. The van der Waals surface area contributed by atoms with Crippen molar-refractivity contribution < 1.29 is 4.79 Å². The second-order valence-corrected chi connectivity index (χ2v) is 5.25. The molecule has 0 spiro atoms. The van der Waals surface area contributed by atoms with Crippen molar-refractivity contribution in [3.8, 4) is 11.4 Å². The van der Waals surface area contributed by atoms with Crippen molar-refractivity contribution in [2.45, 2.75) is 18.9 Å². The van der Waals surface area contributed by atoms with Crippen molar-refractivity contribution in [3.05, 3.63) is 29.8 Å². The number of amides is 1. The fourth-order valence-corrected chi connectivity index (χ4v) is 2.77. The molecule has 0 aromatic carbocycles. The van der Waals surface area contributed by atoms with E-state index in [0.717, 1.165) is 30.8 Å². The van der Waals surface area contributed by atoms with Gasteiger partial charge >= 0.3 is 0 Å². The van der Waals surface area contributed by atoms with E-state index in [9.17, 15) is 4.79 Å². The predicted octanol–water partition coefficient (Wildman–Crippen LogP) is 2.32. The summed E-state index contributed by atoms with van der Waals surface area (Å²) in [6.45, 7) is 0.912. The maximum Gasteiger partial charge on any atom is 0.243 e. The molecule has 2 aromatic rings. The molecule has 0 bridgehead atoms. The van der Waals surface area contributed by atoms with Crippen LogP contribution >= 0.6 is 23.7 Å². The number of nitrogens with one attached hydrogen (secondary N) is 2. The molecule has 0 radical (unpaired) electrons. The predicted molar refractivity (Wildman–Crippen MR) is 82.2 cm³/mol. The Morgan fingerprint density at radius 3 is 3.00 bits per heavy atom. The van der Waals surface area contributed by atoms with Gasteiger partial charge in [0.15, 0.2) is 5.13 Å². The third-order valence-corrected chi connectivity index (χ3v) is 3.80. The molecule has 3 heterocycles. The fraction of sp³-hybridized carbons (Fsp3) is 0.308. The van der Waals surface area contributed by atoms with Crippen LogP contribution in [0.4, 0.5) is 5.13 Å². The lowest BCUT2D eigenvalue weighted by Gasteiger charge is -2.08. The lowest BCUT2D eigenvalue weighted by molar-refractivity contribution is -0.117. The van der Waals surface area contributed by atoms with Crippen LogP contribution in [-0.2, 0) is 4.79 Å². The van der Waals surface area contributed by atoms with Crippen LogP contribution in [-0.4, -0.2) is 28.5 Å². The Hall–Kier alpha value is -1.50. The van der Waals surface area contributed by atoms with Gasteiger partial charge in [-0.15, -0.1) is 23.7 Å². The van der Waals surface area contributed by atoms with Gasteiger partial charge in [-0.2, -0.15) is 0 Å². The molecule has 5 nitrogen and oxygen atoms in total. The summed E-state index contributed by atoms with van der Waals surface area (Å²) in [6, 6.07) is 5.61. The lowest BCUT2D eigenvalue weighted by atomic mass is 10.2. The van der Waals surface area contributed by atoms with Gasteiger partial charge in [0.25, 0.3) is 0 Å². The van der Waals surface area contributed by atoms with Crippen molar-refractivity contribution in [1.29, 1.82) is 0 Å². The summed E-state index contributed by atoms with van der Waals surface area (Å²) in [7, 11) is 0. The SMILES string of the molecule is Cl.O=C(Nc1nc(-c2ccccn2)cs1)C1CCCN1. The maximum absolute atomic E-state index is 11.9. The first-order valence-corrected chi connectivity index (χ1v) is 7.12. The van der Waals surface area contributed by atoms with E-state index in [1.807, 2.05) is 23.6 Å². The van der Waals surface area contributed by atoms with Crippen LogP contribution in [0.25, 0.3) is 11.4 Å². The second kappa shape index (κ2) is 6.78. The molecule has 1 saturated heterocycles. The lowest BCUT2D eigenvalue weighted by Crippen LogP contribution is -2.35. The van der Waals surface area contributed by atoms with Crippen LogP contribution in [0.2, 0.25) is 0 Å². The molecule has 3 rings (SSSR count). The van der Waals surface area contributed by atoms with Crippen LogP contribution in [0.1, 0.15) is 12.8 Å². The highest BCUT2D eigenvalue weighted by atomic mass is 35.5. The highest BCUT2D eigenvalue weighted by molar-refractivity contribution is 7.14. The number of pyridine rings is 1. The molecular formula is C13H15ClN4OS. The summed E-state index contributed by atoms with van der Waals surface area (Å²) in [5, 5.41) is 8.55. The molecule has 2 N–H and O–H groups in total. The number of rotatable bonds is 3. The van der Waals surface area contributed by atoms with E-state index in [0.29, 0.717) is 5.13 Å². The van der Waals surface area contributed by atoms with E-state index >= 15 is 0 Å². The standard InChI is InChI=1S/C13H14N4OS.ClH/c18-12(10-5-3-7-15-10)17-13-16-11(8-19-13)9-4-1-2-6-14-9;/h1-2,4,6,8,10,15H,3,5,7H2,(H,16,17,18);1H. The molecule has 0 saturated carbocycles. The number of nitrogens with zero attached hydrogens (tertiary/aromatic N) is 2. The Bertz CT molecular complexity index is 569. The molecule has 2 aromatic heterocycles. The number of thiazole rings is 1. The minimum atomic E-state index is -0.0813. The number of hydrogen-bond acceptors (Lipinski definition) is 5. The topological polar surface area (TPSA) is 66.9 Å². The molecule has 1 unspecified atom stereocenters. The largest absolute Gasteiger partial charge is 0.306 e. The van der Waals surface area contributed by atoms with Gasteiger partial charge in [-0.25, -0.2) is 4.98 Å². The number of hydrogen-bond donors (Lipinski definition) is 2. The monoisotopic (exact) mass is 310 g/mol. The van der Waals surface area contributed by atoms with Crippen LogP contribution in [0.3, 0.4) is 0 Å². The number of anilines is 1. The molecule has 1 fully saturated rings. The Labute approximate surface area is 127 Å². The molecule has 1 aliphatic rings. The van der Waals surface area contributed by atoms with Crippen molar-refractivity contribution >= 4 is 34.8 Å². The smallest absolute Gasteiger partial charge is 0.243 e. The number of halogens is 1. The van der Waals surface area contributed by atoms with E-state index in [1.54, 1.807) is 6.20 Å². The first-order chi connectivity index (χ1) is 9.33. The zero-order valence-corrected chi connectivity index (χ0v) is 12.3. The fourth-order valence-electron chi connectivity index (χ4n) is 2.06. The Morgan fingerprint density at radius 1 is 1.40 bits per heavy atom. The van der Waals surface area contributed by atoms with Gasteiger partial charge in [0.2, 0.25) is 5.91 Å². The molecular weight excluding hydrogens is 296 g/mol. The first kappa shape index (κ1) is 14.9. The third-order valence-electron chi connectivity index (χ3n) is 3.04. The molecule has 1 amide bonds. The molecule has 106 valence electrons. The van der Waals surface area contributed by atoms with Gasteiger partial charge in [0.05, 0.1) is 11.7 Å². The van der Waals surface area contributed by atoms with Gasteiger partial charge < -0.3 is 10.6 Å². The molecule has 7 heteroatoms. The van der Waals surface area contributed by atoms with E-state index in [1.165, 1.54) is 11.3 Å². The van der Waals surface area contributed by atoms with Crippen LogP contribution < -0.4 is 10.6 Å². The highest BCUT2D eigenvalue weighted by Crippen LogP contribution is 2.23. The zero-order valence-electron chi connectivity index (χ0n) is 10.7. The Balaban J connectivity index is 0.00000147. The minimum absolute atomic E-state index is 0. The Kier molecular flexibility index (Phi) is 5.05. The highest BCUT2D eigenvalue weighted by Gasteiger charge is 2.22. The van der Waals surface area contributed by atoms with Crippen LogP contribution in [0.5, 0.6) is 0 Å². The van der Waals surface area contributed by atoms with Crippen LogP contribution in [0, 0.1) is 0 Å². The molecule has 1 aliphatic heterocycles. The van der Waals surface area contributed by atoms with E-state index < -0.39 is 0 Å². The maximum atomic E-state index is 11.9. The quantitative estimate of drug-likeness (QED) is 0.913. The van der Waals surface area contributed by atoms with Gasteiger partial charge in [0, 0.05) is 11.6 Å². The summed E-state index contributed by atoms with van der Waals surface area (Å²) in [6.07, 6.45) is 3.68. The summed E-state index contributed by atoms with van der Waals surface area (Å²) >= 11 is 1.42. The van der Waals surface area contributed by atoms with E-state index in [2.05, 4.69) is 20.6 Å². The number of carbonyl (C=O) groups is 1. The summed E-state index contributed by atoms with van der Waals surface area (Å²) in [5.41, 5.74) is 1.61. The van der Waals surface area contributed by atoms with Crippen molar-refractivity contribution in [2.75, 3.05) is 11.9 Å². The zero-order chi connectivity index (χ0) is 13.1. The van der Waals surface area contributed by atoms with Gasteiger partial charge in [0.1, 0.15) is 5.69 Å².